The average molecular weight is 396 g/mol. The number of aryl methyl sites for hydroxylation is 1. The lowest BCUT2D eigenvalue weighted by atomic mass is 9.95. The average Bonchev–Trinajstić information content (AvgIpc) is 2.70. The van der Waals surface area contributed by atoms with Gasteiger partial charge < -0.3 is 0 Å². The van der Waals surface area contributed by atoms with Gasteiger partial charge in [-0.15, -0.1) is 0 Å². The van der Waals surface area contributed by atoms with Crippen LogP contribution in [-0.2, 0) is 12.6 Å². The fourth-order valence-electron chi connectivity index (χ4n) is 3.76. The molecule has 0 N–H and O–H groups in total. The molecule has 0 saturated carbocycles. The van der Waals surface area contributed by atoms with Crippen molar-refractivity contribution in [3.63, 3.8) is 0 Å². The molecule has 0 spiro atoms. The summed E-state index contributed by atoms with van der Waals surface area (Å²) in [5.74, 6) is -1.26. The topological polar surface area (TPSA) is 0 Å². The number of fused-ring (bicyclic) bond motifs is 3. The summed E-state index contributed by atoms with van der Waals surface area (Å²) in [6, 6.07) is 19.3. The van der Waals surface area contributed by atoms with E-state index in [1.54, 1.807) is 0 Å². The van der Waals surface area contributed by atoms with Crippen molar-refractivity contribution in [3.8, 4) is 11.1 Å². The maximum Gasteiger partial charge on any atom is 0.419 e. The molecule has 148 valence electrons. The van der Waals surface area contributed by atoms with Gasteiger partial charge in [0.25, 0.3) is 0 Å². The molecule has 0 aliphatic heterocycles. The zero-order valence-electron chi connectivity index (χ0n) is 16.0. The van der Waals surface area contributed by atoms with Crippen LogP contribution in [-0.4, -0.2) is 0 Å². The lowest BCUT2D eigenvalue weighted by Crippen LogP contribution is -2.07. The first-order valence-corrected chi connectivity index (χ1v) is 9.69. The van der Waals surface area contributed by atoms with Crippen LogP contribution in [0.1, 0.15) is 30.9 Å². The van der Waals surface area contributed by atoms with Crippen LogP contribution in [0, 0.1) is 5.82 Å². The van der Waals surface area contributed by atoms with Gasteiger partial charge in [-0.05, 0) is 69.3 Å². The summed E-state index contributed by atoms with van der Waals surface area (Å²) in [6.07, 6.45) is -1.32. The minimum atomic E-state index is -4.69. The van der Waals surface area contributed by atoms with Crippen LogP contribution in [0.4, 0.5) is 17.6 Å². The van der Waals surface area contributed by atoms with Crippen molar-refractivity contribution in [2.24, 2.45) is 0 Å². The first-order chi connectivity index (χ1) is 13.9. The van der Waals surface area contributed by atoms with E-state index in [2.05, 4.69) is 31.2 Å². The zero-order valence-corrected chi connectivity index (χ0v) is 16.0. The molecule has 4 aromatic carbocycles. The summed E-state index contributed by atoms with van der Waals surface area (Å²) >= 11 is 0. The third-order valence-electron chi connectivity index (χ3n) is 5.33. The molecule has 29 heavy (non-hydrogen) atoms. The highest BCUT2D eigenvalue weighted by Gasteiger charge is 2.33. The van der Waals surface area contributed by atoms with Crippen molar-refractivity contribution in [1.82, 2.24) is 0 Å². The van der Waals surface area contributed by atoms with E-state index in [4.69, 9.17) is 0 Å². The van der Waals surface area contributed by atoms with Gasteiger partial charge in [-0.3, -0.25) is 0 Å². The fourth-order valence-corrected chi connectivity index (χ4v) is 3.76. The highest BCUT2D eigenvalue weighted by molar-refractivity contribution is 6.08. The van der Waals surface area contributed by atoms with E-state index >= 15 is 0 Å². The molecule has 4 rings (SSSR count). The van der Waals surface area contributed by atoms with Crippen LogP contribution in [0.15, 0.2) is 66.7 Å². The Hall–Kier alpha value is -2.88. The van der Waals surface area contributed by atoms with Gasteiger partial charge in [0.1, 0.15) is 5.82 Å². The molecule has 0 bridgehead atoms. The Labute approximate surface area is 166 Å². The summed E-state index contributed by atoms with van der Waals surface area (Å²) in [5.41, 5.74) is 1.18. The van der Waals surface area contributed by atoms with Gasteiger partial charge in [-0.2, -0.15) is 13.2 Å². The fraction of sp³-hybridized carbons (Fsp3) is 0.200. The van der Waals surface area contributed by atoms with E-state index in [0.29, 0.717) is 11.1 Å². The molecule has 0 aliphatic rings. The van der Waals surface area contributed by atoms with Gasteiger partial charge in [-0.1, -0.05) is 61.9 Å². The Morgan fingerprint density at radius 1 is 0.724 bits per heavy atom. The number of unbranched alkanes of at least 4 members (excludes halogenated alkanes) is 1. The van der Waals surface area contributed by atoms with E-state index in [1.165, 1.54) is 17.0 Å². The Kier molecular flexibility index (Phi) is 5.03. The third kappa shape index (κ3) is 3.84. The molecule has 0 atom stereocenters. The van der Waals surface area contributed by atoms with E-state index in [-0.39, 0.29) is 0 Å². The molecular weight excluding hydrogens is 376 g/mol. The maximum absolute atomic E-state index is 14.0. The predicted octanol–water partition coefficient (Wildman–Crippen LogP) is 8.16. The number of hydrogen-bond donors (Lipinski definition) is 0. The van der Waals surface area contributed by atoms with Crippen molar-refractivity contribution in [1.29, 1.82) is 0 Å². The molecule has 0 nitrogen and oxygen atoms in total. The first-order valence-electron chi connectivity index (χ1n) is 9.69. The van der Waals surface area contributed by atoms with Gasteiger partial charge in [-0.25, -0.2) is 4.39 Å². The summed E-state index contributed by atoms with van der Waals surface area (Å²) in [5, 5.41) is 4.34. The molecule has 0 radical (unpaired) electrons. The van der Waals surface area contributed by atoms with Crippen LogP contribution in [0.5, 0.6) is 0 Å². The number of benzene rings is 4. The van der Waals surface area contributed by atoms with E-state index < -0.39 is 17.6 Å². The lowest BCUT2D eigenvalue weighted by Gasteiger charge is -2.11. The van der Waals surface area contributed by atoms with Crippen LogP contribution in [0.3, 0.4) is 0 Å². The van der Waals surface area contributed by atoms with E-state index in [0.717, 1.165) is 47.6 Å². The Balaban J connectivity index is 1.75. The molecule has 0 amide bonds. The smallest absolute Gasteiger partial charge is 0.206 e. The van der Waals surface area contributed by atoms with Crippen molar-refractivity contribution in [3.05, 3.63) is 83.7 Å². The van der Waals surface area contributed by atoms with E-state index in [1.807, 2.05) is 24.3 Å². The van der Waals surface area contributed by atoms with Gasteiger partial charge in [0.15, 0.2) is 0 Å². The summed E-state index contributed by atoms with van der Waals surface area (Å²) in [7, 11) is 0. The van der Waals surface area contributed by atoms with Gasteiger partial charge in [0.05, 0.1) is 5.56 Å². The summed E-state index contributed by atoms with van der Waals surface area (Å²) in [4.78, 5) is 0. The van der Waals surface area contributed by atoms with Crippen molar-refractivity contribution >= 4 is 21.5 Å². The molecule has 0 fully saturated rings. The number of rotatable bonds is 4. The summed E-state index contributed by atoms with van der Waals surface area (Å²) in [6.45, 7) is 2.18. The minimum absolute atomic E-state index is 0.424. The van der Waals surface area contributed by atoms with Crippen molar-refractivity contribution < 1.29 is 17.6 Å². The van der Waals surface area contributed by atoms with E-state index in [9.17, 15) is 17.6 Å². The quantitative estimate of drug-likeness (QED) is 0.241. The molecule has 0 aliphatic carbocycles. The summed E-state index contributed by atoms with van der Waals surface area (Å²) < 4.78 is 52.3. The van der Waals surface area contributed by atoms with Gasteiger partial charge in [0, 0.05) is 0 Å². The van der Waals surface area contributed by atoms with Crippen LogP contribution in [0.2, 0.25) is 0 Å². The van der Waals surface area contributed by atoms with Gasteiger partial charge >= 0.3 is 6.18 Å². The first kappa shape index (κ1) is 19.4. The van der Waals surface area contributed by atoms with Crippen LogP contribution in [0.25, 0.3) is 32.7 Å². The number of halogens is 4. The molecule has 0 saturated heterocycles. The Morgan fingerprint density at radius 2 is 1.34 bits per heavy atom. The maximum atomic E-state index is 14.0. The molecule has 0 heterocycles. The monoisotopic (exact) mass is 396 g/mol. The second kappa shape index (κ2) is 7.51. The molecule has 4 heteroatoms. The molecule has 4 aromatic rings. The third-order valence-corrected chi connectivity index (χ3v) is 5.33. The predicted molar refractivity (Wildman–Crippen MR) is 110 cm³/mol. The van der Waals surface area contributed by atoms with Crippen LogP contribution < -0.4 is 0 Å². The standard InChI is InChI=1S/C25H20F4/c1-2-3-4-16-5-10-21-19(13-16)6-7-20-14-17(8-11-22(20)21)18-9-12-23(24(26)15-18)25(27,28)29/h5-15H,2-4H2,1H3. The molecular formula is C25H20F4. The SMILES string of the molecule is CCCCc1ccc2c(ccc3cc(-c4ccc(C(F)(F)F)c(F)c4)ccc32)c1. The second-order valence-corrected chi connectivity index (χ2v) is 7.35. The normalized spacial score (nSPS) is 12.0. The zero-order chi connectivity index (χ0) is 20.6. The van der Waals surface area contributed by atoms with Crippen molar-refractivity contribution in [2.75, 3.05) is 0 Å². The second-order valence-electron chi connectivity index (χ2n) is 7.35. The Bertz CT molecular complexity index is 1190. The highest BCUT2D eigenvalue weighted by Crippen LogP contribution is 2.35. The van der Waals surface area contributed by atoms with Crippen LogP contribution >= 0.6 is 0 Å². The van der Waals surface area contributed by atoms with Crippen molar-refractivity contribution in [2.45, 2.75) is 32.4 Å². The Morgan fingerprint density at radius 3 is 2.00 bits per heavy atom. The minimum Gasteiger partial charge on any atom is -0.206 e. The number of hydrogen-bond acceptors (Lipinski definition) is 0. The van der Waals surface area contributed by atoms with Gasteiger partial charge in [0.2, 0.25) is 0 Å². The molecule has 0 unspecified atom stereocenters. The molecule has 0 aromatic heterocycles. The lowest BCUT2D eigenvalue weighted by molar-refractivity contribution is -0.139. The highest BCUT2D eigenvalue weighted by atomic mass is 19.4. The largest absolute Gasteiger partial charge is 0.419 e. The number of alkyl halides is 3.